The quantitative estimate of drug-likeness (QED) is 0.497. The first-order chi connectivity index (χ1) is 7.81. The molecule has 0 radical (unpaired) electrons. The van der Waals surface area contributed by atoms with Gasteiger partial charge in [0.25, 0.3) is 0 Å². The van der Waals surface area contributed by atoms with E-state index < -0.39 is 8.72 Å². The molecular weight excluding hydrogens is 228 g/mol. The molecule has 1 atom stereocenters. The monoisotopic (exact) mass is 260 g/mol. The molecule has 1 unspecified atom stereocenters. The minimum Gasteiger partial charge on any atom is -0.301 e. The highest BCUT2D eigenvalue weighted by Gasteiger charge is 2.36. The smallest absolute Gasteiger partial charge is 0.301 e. The summed E-state index contributed by atoms with van der Waals surface area (Å²) in [5.74, 6) is 0. The van der Waals surface area contributed by atoms with E-state index >= 15 is 0 Å². The van der Waals surface area contributed by atoms with Gasteiger partial charge in [-0.25, -0.2) is 0 Å². The Labute approximate surface area is 109 Å². The van der Waals surface area contributed by atoms with Crippen molar-refractivity contribution in [1.82, 2.24) is 19.9 Å². The topological polar surface area (TPSA) is 48.1 Å². The van der Waals surface area contributed by atoms with Gasteiger partial charge in [0.2, 0.25) is 0 Å². The second kappa shape index (κ2) is 7.48. The molecule has 0 aliphatic rings. The van der Waals surface area contributed by atoms with Crippen molar-refractivity contribution in [3.05, 3.63) is 0 Å². The zero-order valence-electron chi connectivity index (χ0n) is 12.7. The molecule has 4 N–H and O–H groups in total. The van der Waals surface area contributed by atoms with Crippen molar-refractivity contribution < 1.29 is 0 Å². The Bertz CT molecular complexity index is 186. The van der Waals surface area contributed by atoms with Crippen LogP contribution in [0, 0.1) is 5.41 Å². The molecule has 0 fully saturated rings. The predicted octanol–water partition coefficient (Wildman–Crippen LogP) is 1.27. The second-order valence-electron chi connectivity index (χ2n) is 5.57. The van der Waals surface area contributed by atoms with Crippen molar-refractivity contribution in [2.24, 2.45) is 5.41 Å². The molecule has 5 heteroatoms. The van der Waals surface area contributed by atoms with Gasteiger partial charge in [-0.2, -0.15) is 0 Å². The van der Waals surface area contributed by atoms with Crippen LogP contribution in [0.5, 0.6) is 0 Å². The molecule has 0 aromatic rings. The number of rotatable bonds is 8. The van der Waals surface area contributed by atoms with Crippen LogP contribution in [0.2, 0.25) is 0 Å². The Morgan fingerprint density at radius 2 is 1.24 bits per heavy atom. The average Bonchev–Trinajstić information content (AvgIpc) is 2.17. The lowest BCUT2D eigenvalue weighted by atomic mass is 9.89. The first-order valence-electron chi connectivity index (χ1n) is 6.84. The molecule has 0 aliphatic carbocycles. The van der Waals surface area contributed by atoms with Crippen LogP contribution in [0.3, 0.4) is 0 Å². The lowest BCUT2D eigenvalue weighted by Crippen LogP contribution is -2.82. The molecular formula is C12H32N4Si. The van der Waals surface area contributed by atoms with E-state index in [0.29, 0.717) is 6.04 Å². The fraction of sp³-hybridized carbons (Fsp3) is 1.00. The standard InChI is InChI=1S/C12H32N4Si/c1-8-13-17(14-9-2,15-10-3)16-11(4)12(5,6)7/h11,13-16H,8-10H2,1-7H3. The van der Waals surface area contributed by atoms with Crippen LogP contribution in [-0.4, -0.2) is 34.4 Å². The number of nitrogens with one attached hydrogen (secondary N) is 4. The zero-order valence-corrected chi connectivity index (χ0v) is 13.7. The van der Waals surface area contributed by atoms with E-state index in [0.717, 1.165) is 19.6 Å². The van der Waals surface area contributed by atoms with E-state index in [2.05, 4.69) is 68.4 Å². The number of hydrogen-bond acceptors (Lipinski definition) is 4. The highest BCUT2D eigenvalue weighted by Crippen LogP contribution is 2.18. The van der Waals surface area contributed by atoms with Gasteiger partial charge in [-0.15, -0.1) is 0 Å². The van der Waals surface area contributed by atoms with Gasteiger partial charge in [-0.3, -0.25) is 4.98 Å². The molecule has 0 saturated heterocycles. The van der Waals surface area contributed by atoms with Gasteiger partial charge in [-0.05, 0) is 32.0 Å². The van der Waals surface area contributed by atoms with Crippen molar-refractivity contribution in [1.29, 1.82) is 0 Å². The minimum absolute atomic E-state index is 0.262. The summed E-state index contributed by atoms with van der Waals surface area (Å²) in [5.41, 5.74) is 0.262. The highest BCUT2D eigenvalue weighted by molar-refractivity contribution is 6.70. The molecule has 0 amide bonds. The van der Waals surface area contributed by atoms with Gasteiger partial charge in [0.15, 0.2) is 0 Å². The molecule has 4 nitrogen and oxygen atoms in total. The Kier molecular flexibility index (Phi) is 7.51. The maximum atomic E-state index is 3.78. The van der Waals surface area contributed by atoms with E-state index in [1.807, 2.05) is 0 Å². The van der Waals surface area contributed by atoms with E-state index in [1.54, 1.807) is 0 Å². The van der Waals surface area contributed by atoms with Gasteiger partial charge in [0.1, 0.15) is 0 Å². The molecule has 17 heavy (non-hydrogen) atoms. The van der Waals surface area contributed by atoms with Gasteiger partial charge in [0, 0.05) is 6.04 Å². The third-order valence-corrected chi connectivity index (χ3v) is 6.58. The molecule has 0 spiro atoms. The van der Waals surface area contributed by atoms with Crippen LogP contribution in [0.1, 0.15) is 48.5 Å². The fourth-order valence-electron chi connectivity index (χ4n) is 1.68. The average molecular weight is 261 g/mol. The molecule has 0 rings (SSSR count). The summed E-state index contributed by atoms with van der Waals surface area (Å²) in [6.45, 7) is 18.4. The summed E-state index contributed by atoms with van der Waals surface area (Å²) in [6, 6.07) is 0.450. The van der Waals surface area contributed by atoms with E-state index in [4.69, 9.17) is 0 Å². The van der Waals surface area contributed by atoms with Crippen molar-refractivity contribution >= 4 is 8.72 Å². The van der Waals surface area contributed by atoms with E-state index in [9.17, 15) is 0 Å². The zero-order chi connectivity index (χ0) is 13.5. The first kappa shape index (κ1) is 17.1. The van der Waals surface area contributed by atoms with Gasteiger partial charge in [-0.1, -0.05) is 41.5 Å². The maximum Gasteiger partial charge on any atom is 0.366 e. The van der Waals surface area contributed by atoms with Crippen molar-refractivity contribution in [3.8, 4) is 0 Å². The molecule has 0 saturated carbocycles. The Hall–Kier alpha value is 0.0569. The predicted molar refractivity (Wildman–Crippen MR) is 78.8 cm³/mol. The third kappa shape index (κ3) is 5.97. The summed E-state index contributed by atoms with van der Waals surface area (Å²) < 4.78 is 0. The molecule has 0 heterocycles. The number of hydrogen-bond donors (Lipinski definition) is 4. The van der Waals surface area contributed by atoms with Crippen LogP contribution in [-0.2, 0) is 0 Å². The Morgan fingerprint density at radius 1 is 0.882 bits per heavy atom. The maximum absolute atomic E-state index is 3.78. The van der Waals surface area contributed by atoms with Crippen LogP contribution in [0.4, 0.5) is 0 Å². The lowest BCUT2D eigenvalue weighted by Gasteiger charge is -2.39. The van der Waals surface area contributed by atoms with Gasteiger partial charge < -0.3 is 14.9 Å². The summed E-state index contributed by atoms with van der Waals surface area (Å²) in [7, 11) is -1.97. The second-order valence-corrected chi connectivity index (χ2v) is 8.42. The Balaban J connectivity index is 4.75. The first-order valence-corrected chi connectivity index (χ1v) is 8.84. The van der Waals surface area contributed by atoms with Crippen LogP contribution in [0.15, 0.2) is 0 Å². The Morgan fingerprint density at radius 3 is 1.47 bits per heavy atom. The summed E-state index contributed by atoms with van der Waals surface area (Å²) >= 11 is 0. The van der Waals surface area contributed by atoms with Gasteiger partial charge in [0.05, 0.1) is 0 Å². The fourth-order valence-corrected chi connectivity index (χ4v) is 5.03. The largest absolute Gasteiger partial charge is 0.366 e. The molecule has 0 bridgehead atoms. The minimum atomic E-state index is -1.97. The van der Waals surface area contributed by atoms with Crippen molar-refractivity contribution in [2.45, 2.75) is 54.5 Å². The summed E-state index contributed by atoms with van der Waals surface area (Å²) in [5, 5.41) is 0. The summed E-state index contributed by atoms with van der Waals surface area (Å²) in [6.07, 6.45) is 0. The van der Waals surface area contributed by atoms with Crippen molar-refractivity contribution in [2.75, 3.05) is 19.6 Å². The van der Waals surface area contributed by atoms with Crippen molar-refractivity contribution in [3.63, 3.8) is 0 Å². The molecule has 0 aliphatic heterocycles. The third-order valence-electron chi connectivity index (χ3n) is 3.06. The van der Waals surface area contributed by atoms with Gasteiger partial charge >= 0.3 is 8.72 Å². The molecule has 104 valence electrons. The SMILES string of the molecule is CCN[Si](NCC)(NCC)NC(C)C(C)(C)C. The van der Waals surface area contributed by atoms with Crippen LogP contribution in [0.25, 0.3) is 0 Å². The molecule has 0 aromatic heterocycles. The summed E-state index contributed by atoms with van der Waals surface area (Å²) in [4.78, 5) is 14.6. The van der Waals surface area contributed by atoms with Crippen LogP contribution >= 0.6 is 0 Å². The van der Waals surface area contributed by atoms with E-state index in [-0.39, 0.29) is 5.41 Å². The highest BCUT2D eigenvalue weighted by atomic mass is 28.4. The lowest BCUT2D eigenvalue weighted by molar-refractivity contribution is 0.311. The van der Waals surface area contributed by atoms with E-state index in [1.165, 1.54) is 0 Å². The normalized spacial score (nSPS) is 15.0. The van der Waals surface area contributed by atoms with Crippen LogP contribution < -0.4 is 19.9 Å². The molecule has 0 aromatic carbocycles.